The number of carbonyl (C=O) groups is 2. The molecule has 6 atom stereocenters. The van der Waals surface area contributed by atoms with Crippen molar-refractivity contribution in [2.75, 3.05) is 40.3 Å². The summed E-state index contributed by atoms with van der Waals surface area (Å²) in [4.78, 5) is 49.7. The molecular formula is C38H54N3O10PS2+2. The van der Waals surface area contributed by atoms with E-state index in [9.17, 15) is 29.0 Å². The molecule has 3 aliphatic heterocycles. The number of quaternary nitrogens is 2. The number of rotatable bonds is 16. The molecule has 4 unspecified atom stereocenters. The van der Waals surface area contributed by atoms with Crippen molar-refractivity contribution in [1.82, 2.24) is 5.32 Å². The van der Waals surface area contributed by atoms with Crippen LogP contribution < -0.4 is 9.84 Å². The number of β-amino-alcohol motifs (C(OH)–C–C–N with tert-alkyl or cyclic N) is 1. The number of carbonyl (C=O) groups excluding carboxylic acids is 2. The number of benzene rings is 1. The number of aliphatic hydroxyl groups excluding tert-OH is 1. The van der Waals surface area contributed by atoms with Crippen LogP contribution >= 0.6 is 30.5 Å². The number of nitrogens with one attached hydrogen (secondary N) is 1. The fraction of sp³-hybridized carbons (Fsp3) is 0.579. The van der Waals surface area contributed by atoms with Gasteiger partial charge in [-0.2, -0.15) is 0 Å². The number of epoxide rings is 1. The van der Waals surface area contributed by atoms with Gasteiger partial charge in [0, 0.05) is 30.5 Å². The summed E-state index contributed by atoms with van der Waals surface area (Å²) >= 11 is 2.62. The molecule has 0 aliphatic carbocycles. The Kier molecular flexibility index (Phi) is 11.6. The molecule has 0 amide bonds. The minimum atomic E-state index is -4.95. The molecule has 54 heavy (non-hydrogen) atoms. The number of fused-ring (bicyclic) bond motifs is 5. The summed E-state index contributed by atoms with van der Waals surface area (Å²) in [6.45, 7) is 10.8. The van der Waals surface area contributed by atoms with Crippen molar-refractivity contribution < 1.29 is 56.7 Å². The number of hydrogen-bond donors (Lipinski definition) is 4. The number of phosphoric acid groups is 1. The Labute approximate surface area is 325 Å². The lowest BCUT2D eigenvalue weighted by atomic mass is 9.95. The van der Waals surface area contributed by atoms with Gasteiger partial charge in [0.2, 0.25) is 0 Å². The predicted octanol–water partition coefficient (Wildman–Crippen LogP) is 4.85. The van der Waals surface area contributed by atoms with Crippen LogP contribution in [0.1, 0.15) is 74.4 Å². The van der Waals surface area contributed by atoms with Gasteiger partial charge in [0.05, 0.1) is 43.0 Å². The molecule has 3 aromatic rings. The van der Waals surface area contributed by atoms with Crippen LogP contribution in [0.2, 0.25) is 0 Å². The maximum atomic E-state index is 14.7. The monoisotopic (exact) mass is 807 g/mol. The zero-order valence-electron chi connectivity index (χ0n) is 32.0. The predicted molar refractivity (Wildman–Crippen MR) is 205 cm³/mol. The van der Waals surface area contributed by atoms with Crippen LogP contribution in [-0.2, 0) is 40.5 Å². The molecular weight excluding hydrogens is 754 g/mol. The quantitative estimate of drug-likeness (QED) is 0.0678. The van der Waals surface area contributed by atoms with Gasteiger partial charge in [0.25, 0.3) is 5.60 Å². The largest absolute Gasteiger partial charge is 0.524 e. The standard InChI is InChI=1S/C38H52N3O10PS2/c1-8-41(9-2,22-25-18-24(29(42)21-39-37(3,4)5)14-15-30(25)51-52(45,46)47)23-33(43)50-38(31-12-10-16-53-31,32-13-11-17-54-32)36(44)48-26-19-27-34-35(49-34)28(20-26)40(27,6)7/h10-18,26-29,34-35,39,42H,8-9,19-23H2,1-7H3/p+2/t26?,27?,28?,29?,34-,35+. The number of likely N-dealkylation sites (N-methyl/N-ethyl adjacent to an activating group) is 2. The van der Waals surface area contributed by atoms with Crippen LogP contribution in [-0.4, -0.2) is 112 Å². The summed E-state index contributed by atoms with van der Waals surface area (Å²) in [7, 11) is -0.530. The van der Waals surface area contributed by atoms with Gasteiger partial charge >= 0.3 is 19.8 Å². The number of esters is 2. The Morgan fingerprint density at radius 1 is 1.02 bits per heavy atom. The first-order valence-corrected chi connectivity index (χ1v) is 21.8. The van der Waals surface area contributed by atoms with E-state index in [1.807, 2.05) is 57.5 Å². The zero-order valence-corrected chi connectivity index (χ0v) is 34.5. The number of phosphoric ester groups is 1. The van der Waals surface area contributed by atoms with Crippen LogP contribution in [0.3, 0.4) is 0 Å². The molecule has 3 aliphatic rings. The summed E-state index contributed by atoms with van der Waals surface area (Å²) in [5.41, 5.74) is -1.17. The molecule has 3 saturated heterocycles. The maximum absolute atomic E-state index is 14.7. The van der Waals surface area contributed by atoms with E-state index >= 15 is 0 Å². The molecule has 2 aromatic heterocycles. The van der Waals surface area contributed by atoms with Crippen molar-refractivity contribution in [3.05, 3.63) is 74.1 Å². The van der Waals surface area contributed by atoms with Gasteiger partial charge in [-0.3, -0.25) is 9.79 Å². The first-order valence-electron chi connectivity index (χ1n) is 18.5. The Bertz CT molecular complexity index is 1780. The van der Waals surface area contributed by atoms with E-state index < -0.39 is 31.5 Å². The highest BCUT2D eigenvalue weighted by atomic mass is 32.1. The van der Waals surface area contributed by atoms with Crippen molar-refractivity contribution in [2.24, 2.45) is 0 Å². The number of aliphatic hydroxyl groups is 1. The molecule has 4 N–H and O–H groups in total. The number of nitrogens with zero attached hydrogens (tertiary/aromatic N) is 2. The highest BCUT2D eigenvalue weighted by Gasteiger charge is 2.71. The molecule has 6 rings (SSSR count). The molecule has 296 valence electrons. The first kappa shape index (κ1) is 41.0. The van der Waals surface area contributed by atoms with Crippen LogP contribution in [0.5, 0.6) is 5.75 Å². The van der Waals surface area contributed by atoms with Gasteiger partial charge in [-0.25, -0.2) is 14.2 Å². The van der Waals surface area contributed by atoms with Gasteiger partial charge in [-0.05, 0) is 75.2 Å². The molecule has 0 radical (unpaired) electrons. The molecule has 5 heterocycles. The Morgan fingerprint density at radius 2 is 1.61 bits per heavy atom. The second-order valence-electron chi connectivity index (χ2n) is 16.3. The van der Waals surface area contributed by atoms with Gasteiger partial charge in [0.1, 0.15) is 42.7 Å². The van der Waals surface area contributed by atoms with E-state index in [1.165, 1.54) is 28.7 Å². The van der Waals surface area contributed by atoms with Crippen molar-refractivity contribution >= 4 is 42.4 Å². The van der Waals surface area contributed by atoms with E-state index in [0.717, 1.165) is 4.48 Å². The fourth-order valence-electron chi connectivity index (χ4n) is 8.19. The van der Waals surface area contributed by atoms with Crippen molar-refractivity contribution in [2.45, 2.75) is 102 Å². The van der Waals surface area contributed by atoms with E-state index in [0.29, 0.717) is 46.8 Å². The topological polar surface area (TPSA) is 164 Å². The summed E-state index contributed by atoms with van der Waals surface area (Å²) in [5.74, 6) is -1.33. The van der Waals surface area contributed by atoms with Crippen LogP contribution in [0.15, 0.2) is 53.2 Å². The summed E-state index contributed by atoms with van der Waals surface area (Å²) < 4.78 is 36.9. The number of thiophene rings is 2. The highest BCUT2D eigenvalue weighted by Crippen LogP contribution is 2.52. The second-order valence-corrected chi connectivity index (χ2v) is 19.4. The third kappa shape index (κ3) is 8.51. The van der Waals surface area contributed by atoms with E-state index in [4.69, 9.17) is 18.7 Å². The zero-order chi connectivity index (χ0) is 39.3. The minimum absolute atomic E-state index is 0.0535. The van der Waals surface area contributed by atoms with Gasteiger partial charge in [-0.1, -0.05) is 18.2 Å². The molecule has 0 saturated carbocycles. The van der Waals surface area contributed by atoms with E-state index in [1.54, 1.807) is 24.3 Å². The summed E-state index contributed by atoms with van der Waals surface area (Å²) in [6.07, 6.45) is 0.379. The van der Waals surface area contributed by atoms with Gasteiger partial charge in [0.15, 0.2) is 6.54 Å². The number of hydrogen-bond acceptors (Lipinski definition) is 11. The minimum Gasteiger partial charge on any atom is -0.458 e. The molecule has 13 nitrogen and oxygen atoms in total. The lowest BCUT2D eigenvalue weighted by Crippen LogP contribution is -2.60. The Balaban J connectivity index is 1.29. The molecule has 2 bridgehead atoms. The average Bonchev–Trinajstić information content (AvgIpc) is 3.37. The smallest absolute Gasteiger partial charge is 0.458 e. The second kappa shape index (κ2) is 15.3. The van der Waals surface area contributed by atoms with Crippen molar-refractivity contribution in [3.63, 3.8) is 0 Å². The third-order valence-corrected chi connectivity index (χ3v) is 13.8. The van der Waals surface area contributed by atoms with Gasteiger partial charge in [-0.15, -0.1) is 22.7 Å². The number of morpholine rings is 1. The molecule has 16 heteroatoms. The fourth-order valence-corrected chi connectivity index (χ4v) is 10.4. The highest BCUT2D eigenvalue weighted by molar-refractivity contribution is 7.46. The van der Waals surface area contributed by atoms with E-state index in [-0.39, 0.29) is 65.8 Å². The summed E-state index contributed by atoms with van der Waals surface area (Å²) in [5, 5.41) is 18.0. The number of ether oxygens (including phenoxy) is 3. The first-order chi connectivity index (χ1) is 25.3. The summed E-state index contributed by atoms with van der Waals surface area (Å²) in [6, 6.07) is 12.3. The molecule has 0 spiro atoms. The van der Waals surface area contributed by atoms with Crippen molar-refractivity contribution in [3.8, 4) is 5.75 Å². The van der Waals surface area contributed by atoms with Crippen LogP contribution in [0.4, 0.5) is 0 Å². The number of piperidine rings is 1. The van der Waals surface area contributed by atoms with Gasteiger partial charge < -0.3 is 38.1 Å². The average molecular weight is 808 g/mol. The maximum Gasteiger partial charge on any atom is 0.524 e. The van der Waals surface area contributed by atoms with E-state index in [2.05, 4.69) is 19.4 Å². The van der Waals surface area contributed by atoms with Crippen molar-refractivity contribution in [1.29, 1.82) is 0 Å². The third-order valence-electron chi connectivity index (χ3n) is 11.4. The lowest BCUT2D eigenvalue weighted by molar-refractivity contribution is -0.938. The molecule has 3 fully saturated rings. The van der Waals surface area contributed by atoms with Crippen LogP contribution in [0.25, 0.3) is 0 Å². The lowest BCUT2D eigenvalue weighted by Gasteiger charge is -2.45. The van der Waals surface area contributed by atoms with Crippen LogP contribution in [0, 0.1) is 0 Å². The normalized spacial score (nSPS) is 24.1. The Morgan fingerprint density at radius 3 is 2.11 bits per heavy atom. The molecule has 1 aromatic carbocycles. The SMILES string of the molecule is CC[N+](CC)(CC(=O)OC(C(=O)OC1CC2[C@H]3O[C@H]3C(C1)[N+]2(C)C)(c1cccs1)c1cccs1)Cc1cc(C(O)CNC(C)(C)C)ccc1OP(=O)(O)O. The Hall–Kier alpha value is -2.69.